The van der Waals surface area contributed by atoms with E-state index in [0.717, 1.165) is 18.4 Å². The number of nitrogens with zero attached hydrogens (tertiary/aromatic N) is 1. The van der Waals surface area contributed by atoms with Gasteiger partial charge in [0, 0.05) is 11.9 Å². The zero-order valence-electron chi connectivity index (χ0n) is 15.5. The lowest BCUT2D eigenvalue weighted by Crippen LogP contribution is -2.41. The molecule has 1 saturated heterocycles. The van der Waals surface area contributed by atoms with E-state index in [0.29, 0.717) is 38.9 Å². The summed E-state index contributed by atoms with van der Waals surface area (Å²) in [6.45, 7) is 3.81. The lowest BCUT2D eigenvalue weighted by molar-refractivity contribution is -0.274. The van der Waals surface area contributed by atoms with E-state index >= 15 is 0 Å². The molecule has 148 valence electrons. The quantitative estimate of drug-likeness (QED) is 0.677. The van der Waals surface area contributed by atoms with E-state index in [4.69, 9.17) is 7.85 Å². The third-order valence-corrected chi connectivity index (χ3v) is 5.20. The van der Waals surface area contributed by atoms with E-state index in [1.54, 1.807) is 6.07 Å². The number of piperidine rings is 1. The lowest BCUT2D eigenvalue weighted by Gasteiger charge is -2.41. The monoisotopic (exact) mass is 383 g/mol. The summed E-state index contributed by atoms with van der Waals surface area (Å²) in [4.78, 5) is 13.8. The third kappa shape index (κ3) is 6.16. The first-order valence-corrected chi connectivity index (χ1v) is 9.23. The molecule has 0 saturated carbocycles. The van der Waals surface area contributed by atoms with Gasteiger partial charge in [-0.25, -0.2) is 0 Å². The molecule has 0 amide bonds. The standard InChI is InChI=1S/C19H25BF3NO3/c1-2-3-9-18(20,17(25)26)15-7-10-24(11-8-15)13-14-5-4-6-16(12-14)27-19(21,22)23/h4-6,12,15H,2-3,7-11,13H2,1H3,(H,25,26). The van der Waals surface area contributed by atoms with Gasteiger partial charge < -0.3 is 9.84 Å². The zero-order chi connectivity index (χ0) is 20.1. The Bertz CT molecular complexity index is 633. The molecule has 1 N–H and O–H groups in total. The minimum absolute atomic E-state index is 0.0994. The molecule has 1 heterocycles. The van der Waals surface area contributed by atoms with Crippen molar-refractivity contribution in [3.05, 3.63) is 29.8 Å². The summed E-state index contributed by atoms with van der Waals surface area (Å²) in [5.41, 5.74) is 0.721. The van der Waals surface area contributed by atoms with Gasteiger partial charge in [-0.15, -0.1) is 13.2 Å². The van der Waals surface area contributed by atoms with Crippen molar-refractivity contribution in [2.75, 3.05) is 13.1 Å². The largest absolute Gasteiger partial charge is 0.573 e. The minimum atomic E-state index is -4.71. The maximum Gasteiger partial charge on any atom is 0.573 e. The number of hydrogen-bond acceptors (Lipinski definition) is 3. The molecule has 1 aliphatic rings. The fourth-order valence-electron chi connectivity index (χ4n) is 3.66. The number of carboxylic acid groups (broad SMARTS) is 1. The van der Waals surface area contributed by atoms with E-state index < -0.39 is 17.6 Å². The van der Waals surface area contributed by atoms with E-state index in [1.807, 2.05) is 6.92 Å². The highest BCUT2D eigenvalue weighted by Crippen LogP contribution is 2.44. The van der Waals surface area contributed by atoms with Crippen LogP contribution in [0.1, 0.15) is 44.6 Å². The van der Waals surface area contributed by atoms with Gasteiger partial charge in [-0.1, -0.05) is 31.9 Å². The van der Waals surface area contributed by atoms with Crippen molar-refractivity contribution < 1.29 is 27.8 Å². The Balaban J connectivity index is 1.94. The summed E-state index contributed by atoms with van der Waals surface area (Å²) in [5, 5.41) is 8.39. The Morgan fingerprint density at radius 3 is 2.56 bits per heavy atom. The van der Waals surface area contributed by atoms with Gasteiger partial charge in [0.2, 0.25) is 0 Å². The molecule has 1 fully saturated rings. The van der Waals surface area contributed by atoms with Gasteiger partial charge >= 0.3 is 12.3 Å². The van der Waals surface area contributed by atoms with Gasteiger partial charge in [0.25, 0.3) is 0 Å². The topological polar surface area (TPSA) is 49.8 Å². The van der Waals surface area contributed by atoms with Gasteiger partial charge in [-0.05, 0) is 56.0 Å². The number of rotatable bonds is 8. The zero-order valence-corrected chi connectivity index (χ0v) is 15.5. The van der Waals surface area contributed by atoms with Crippen LogP contribution in [-0.2, 0) is 11.3 Å². The molecule has 1 atom stereocenters. The average Bonchev–Trinajstić information content (AvgIpc) is 2.59. The van der Waals surface area contributed by atoms with Gasteiger partial charge in [0.1, 0.15) is 5.75 Å². The number of carboxylic acids is 1. The molecule has 2 rings (SSSR count). The Kier molecular flexibility index (Phi) is 7.20. The lowest BCUT2D eigenvalue weighted by atomic mass is 9.56. The third-order valence-electron chi connectivity index (χ3n) is 5.20. The van der Waals surface area contributed by atoms with Gasteiger partial charge in [-0.3, -0.25) is 9.69 Å². The number of ether oxygens (including phenoxy) is 1. The van der Waals surface area contributed by atoms with Gasteiger partial charge in [-0.2, -0.15) is 0 Å². The fourth-order valence-corrected chi connectivity index (χ4v) is 3.66. The first-order chi connectivity index (χ1) is 12.6. The highest BCUT2D eigenvalue weighted by atomic mass is 19.4. The van der Waals surface area contributed by atoms with Crippen LogP contribution in [0.3, 0.4) is 0 Å². The summed E-state index contributed by atoms with van der Waals surface area (Å²) < 4.78 is 41.0. The molecular formula is C19H25BF3NO3. The van der Waals surface area contributed by atoms with Crippen LogP contribution in [0.25, 0.3) is 0 Å². The van der Waals surface area contributed by atoms with Gasteiger partial charge in [0.15, 0.2) is 0 Å². The Labute approximate surface area is 159 Å². The molecule has 1 aromatic carbocycles. The number of alkyl halides is 3. The van der Waals surface area contributed by atoms with Crippen LogP contribution in [-0.4, -0.2) is 43.3 Å². The molecule has 0 aliphatic carbocycles. The van der Waals surface area contributed by atoms with E-state index in [-0.39, 0.29) is 11.7 Å². The highest BCUT2D eigenvalue weighted by molar-refractivity contribution is 6.26. The number of benzene rings is 1. The summed E-state index contributed by atoms with van der Waals surface area (Å²) in [6.07, 6.45) is -1.27. The molecular weight excluding hydrogens is 358 g/mol. The van der Waals surface area contributed by atoms with Crippen LogP contribution in [0.15, 0.2) is 24.3 Å². The smallest absolute Gasteiger partial charge is 0.481 e. The van der Waals surface area contributed by atoms with Crippen LogP contribution in [0.2, 0.25) is 5.31 Å². The van der Waals surface area contributed by atoms with Crippen molar-refractivity contribution in [1.82, 2.24) is 4.90 Å². The van der Waals surface area contributed by atoms with Crippen LogP contribution < -0.4 is 4.74 Å². The van der Waals surface area contributed by atoms with Crippen LogP contribution in [0, 0.1) is 5.92 Å². The predicted molar refractivity (Wildman–Crippen MR) is 96.7 cm³/mol. The van der Waals surface area contributed by atoms with Crippen LogP contribution in [0.4, 0.5) is 13.2 Å². The minimum Gasteiger partial charge on any atom is -0.481 e. The summed E-state index contributed by atoms with van der Waals surface area (Å²) in [6, 6.07) is 5.93. The summed E-state index contributed by atoms with van der Waals surface area (Å²) in [5.74, 6) is -1.29. The van der Waals surface area contributed by atoms with Crippen LogP contribution in [0.5, 0.6) is 5.75 Å². The second-order valence-corrected chi connectivity index (χ2v) is 7.19. The number of likely N-dealkylation sites (tertiary alicyclic amines) is 1. The Hall–Kier alpha value is -1.70. The van der Waals surface area contributed by atoms with E-state index in [1.165, 1.54) is 18.2 Å². The molecule has 1 aromatic rings. The second kappa shape index (κ2) is 9.00. The SMILES string of the molecule is [B]C(CCCC)(C(=O)O)C1CCN(Cc2cccc(OC(F)(F)F)c2)CC1. The molecule has 8 heteroatoms. The first kappa shape index (κ1) is 21.6. The molecule has 4 nitrogen and oxygen atoms in total. The second-order valence-electron chi connectivity index (χ2n) is 7.19. The Morgan fingerprint density at radius 2 is 2.00 bits per heavy atom. The molecule has 0 spiro atoms. The fraction of sp³-hybridized carbons (Fsp3) is 0.632. The number of halogens is 3. The van der Waals surface area contributed by atoms with Crippen molar-refractivity contribution in [3.63, 3.8) is 0 Å². The number of carbonyl (C=O) groups is 1. The highest BCUT2D eigenvalue weighted by Gasteiger charge is 2.41. The average molecular weight is 383 g/mol. The number of hydrogen-bond donors (Lipinski definition) is 1. The number of aliphatic carboxylic acids is 1. The maximum absolute atomic E-state index is 12.3. The molecule has 1 unspecified atom stereocenters. The predicted octanol–water partition coefficient (Wildman–Crippen LogP) is 4.40. The Morgan fingerprint density at radius 1 is 1.33 bits per heavy atom. The van der Waals surface area contributed by atoms with E-state index in [9.17, 15) is 23.1 Å². The van der Waals surface area contributed by atoms with Crippen molar-refractivity contribution in [3.8, 4) is 5.75 Å². The first-order valence-electron chi connectivity index (χ1n) is 9.23. The molecule has 0 bridgehead atoms. The summed E-state index contributed by atoms with van der Waals surface area (Å²) >= 11 is 0. The summed E-state index contributed by atoms with van der Waals surface area (Å²) in [7, 11) is 6.24. The van der Waals surface area contributed by atoms with Crippen molar-refractivity contribution in [2.45, 2.75) is 57.2 Å². The number of unbranched alkanes of at least 4 members (excludes halogenated alkanes) is 1. The maximum atomic E-state index is 12.3. The molecule has 1 aliphatic heterocycles. The van der Waals surface area contributed by atoms with Crippen molar-refractivity contribution in [2.24, 2.45) is 5.92 Å². The van der Waals surface area contributed by atoms with Crippen molar-refractivity contribution >= 4 is 13.8 Å². The normalized spacial score (nSPS) is 18.8. The van der Waals surface area contributed by atoms with Crippen molar-refractivity contribution in [1.29, 1.82) is 0 Å². The van der Waals surface area contributed by atoms with E-state index in [2.05, 4.69) is 9.64 Å². The van der Waals surface area contributed by atoms with Gasteiger partial charge in [0.05, 0.1) is 7.85 Å². The molecule has 0 aromatic heterocycles. The molecule has 27 heavy (non-hydrogen) atoms. The molecule has 2 radical (unpaired) electrons. The van der Waals surface area contributed by atoms with Crippen LogP contribution >= 0.6 is 0 Å².